The average molecular weight is 447 g/mol. The van der Waals surface area contributed by atoms with Gasteiger partial charge in [-0.05, 0) is 12.8 Å². The number of thiazole rings is 1. The molecular weight excluding hydrogens is 425 g/mol. The Morgan fingerprint density at radius 3 is 2.91 bits per heavy atom. The van der Waals surface area contributed by atoms with Gasteiger partial charge in [0.2, 0.25) is 0 Å². The molecular formula is C14H22IN7S. The molecule has 1 aliphatic heterocycles. The summed E-state index contributed by atoms with van der Waals surface area (Å²) in [5.74, 6) is 2.82. The van der Waals surface area contributed by atoms with Crippen LogP contribution in [0.5, 0.6) is 0 Å². The summed E-state index contributed by atoms with van der Waals surface area (Å²) >= 11 is 1.73. The number of rotatable bonds is 5. The van der Waals surface area contributed by atoms with Crippen LogP contribution >= 0.6 is 35.3 Å². The number of halogens is 1. The molecule has 9 heteroatoms. The Bertz CT molecular complexity index is 664. The molecule has 0 fully saturated rings. The van der Waals surface area contributed by atoms with Gasteiger partial charge in [0, 0.05) is 31.1 Å². The van der Waals surface area contributed by atoms with Crippen molar-refractivity contribution in [1.82, 2.24) is 30.4 Å². The summed E-state index contributed by atoms with van der Waals surface area (Å²) < 4.78 is 2.19. The van der Waals surface area contributed by atoms with E-state index in [-0.39, 0.29) is 24.0 Å². The molecule has 0 aliphatic carbocycles. The first-order chi connectivity index (χ1) is 10.8. The number of aromatic nitrogens is 4. The molecule has 0 amide bonds. The number of nitrogens with zero attached hydrogens (tertiary/aromatic N) is 5. The van der Waals surface area contributed by atoms with Gasteiger partial charge in [0.15, 0.2) is 11.8 Å². The van der Waals surface area contributed by atoms with Gasteiger partial charge in [-0.1, -0.05) is 6.92 Å². The maximum absolute atomic E-state index is 4.40. The van der Waals surface area contributed by atoms with Crippen LogP contribution in [0.4, 0.5) is 0 Å². The molecule has 3 rings (SSSR count). The Balaban J connectivity index is 0.00000192. The summed E-state index contributed by atoms with van der Waals surface area (Å²) in [4.78, 5) is 9.94. The molecule has 2 aromatic rings. The van der Waals surface area contributed by atoms with Crippen LogP contribution in [0.3, 0.4) is 0 Å². The van der Waals surface area contributed by atoms with Crippen molar-refractivity contribution in [3.63, 3.8) is 0 Å². The molecule has 2 aromatic heterocycles. The fourth-order valence-corrected chi connectivity index (χ4v) is 3.28. The SMILES string of the molecule is CCc1cnc(CNC(=NC)NCc2nnc3n2CCC3)s1.I. The summed E-state index contributed by atoms with van der Waals surface area (Å²) in [5, 5.41) is 16.1. The minimum absolute atomic E-state index is 0. The highest BCUT2D eigenvalue weighted by Gasteiger charge is 2.17. The third-order valence-corrected chi connectivity index (χ3v) is 4.82. The van der Waals surface area contributed by atoms with Crippen LogP contribution in [0.1, 0.15) is 34.9 Å². The van der Waals surface area contributed by atoms with Crippen LogP contribution in [0.15, 0.2) is 11.2 Å². The topological polar surface area (TPSA) is 80.0 Å². The zero-order valence-corrected chi connectivity index (χ0v) is 16.5. The van der Waals surface area contributed by atoms with E-state index in [2.05, 4.69) is 42.3 Å². The highest BCUT2D eigenvalue weighted by Crippen LogP contribution is 2.14. The van der Waals surface area contributed by atoms with E-state index in [9.17, 15) is 0 Å². The zero-order chi connectivity index (χ0) is 15.4. The number of aryl methyl sites for hydroxylation is 2. The van der Waals surface area contributed by atoms with Crippen molar-refractivity contribution >= 4 is 41.3 Å². The standard InChI is InChI=1S/C14H21N7S.HI/c1-3-10-7-16-13(22-10)9-18-14(15-2)17-8-12-20-19-11-5-4-6-21(11)12;/h7H,3-6,8-9H2,1-2H3,(H2,15,17,18);1H. The molecule has 0 aromatic carbocycles. The number of hydrogen-bond acceptors (Lipinski definition) is 5. The van der Waals surface area contributed by atoms with Crippen molar-refractivity contribution in [3.8, 4) is 0 Å². The van der Waals surface area contributed by atoms with E-state index in [1.807, 2.05) is 6.20 Å². The predicted molar refractivity (Wildman–Crippen MR) is 102 cm³/mol. The number of hydrogen-bond donors (Lipinski definition) is 2. The van der Waals surface area contributed by atoms with Gasteiger partial charge in [0.05, 0.1) is 13.1 Å². The first-order valence-corrected chi connectivity index (χ1v) is 8.41. The molecule has 0 unspecified atom stereocenters. The van der Waals surface area contributed by atoms with Crippen LogP contribution < -0.4 is 10.6 Å². The van der Waals surface area contributed by atoms with Crippen LogP contribution in [0, 0.1) is 0 Å². The smallest absolute Gasteiger partial charge is 0.191 e. The fraction of sp³-hybridized carbons (Fsp3) is 0.571. The minimum atomic E-state index is 0. The van der Waals surface area contributed by atoms with Gasteiger partial charge in [-0.2, -0.15) is 0 Å². The Kier molecular flexibility index (Phi) is 6.75. The maximum Gasteiger partial charge on any atom is 0.191 e. The van der Waals surface area contributed by atoms with Crippen LogP contribution in [0.2, 0.25) is 0 Å². The van der Waals surface area contributed by atoms with E-state index in [4.69, 9.17) is 0 Å². The molecule has 1 aliphatic rings. The zero-order valence-electron chi connectivity index (χ0n) is 13.4. The lowest BCUT2D eigenvalue weighted by atomic mass is 10.4. The third kappa shape index (κ3) is 4.40. The number of fused-ring (bicyclic) bond motifs is 1. The summed E-state index contributed by atoms with van der Waals surface area (Å²) in [7, 11) is 1.77. The molecule has 0 bridgehead atoms. The lowest BCUT2D eigenvalue weighted by molar-refractivity contribution is 0.662. The average Bonchev–Trinajstić information content (AvgIpc) is 3.24. The van der Waals surface area contributed by atoms with Gasteiger partial charge in [-0.15, -0.1) is 45.5 Å². The van der Waals surface area contributed by atoms with Crippen LogP contribution in [-0.2, 0) is 32.5 Å². The van der Waals surface area contributed by atoms with Gasteiger partial charge >= 0.3 is 0 Å². The van der Waals surface area contributed by atoms with Gasteiger partial charge in [0.1, 0.15) is 10.8 Å². The third-order valence-electron chi connectivity index (χ3n) is 3.68. The van der Waals surface area contributed by atoms with Crippen molar-refractivity contribution in [2.24, 2.45) is 4.99 Å². The largest absolute Gasteiger partial charge is 0.350 e. The van der Waals surface area contributed by atoms with Gasteiger partial charge in [0.25, 0.3) is 0 Å². The second kappa shape index (κ2) is 8.57. The number of guanidine groups is 1. The Morgan fingerprint density at radius 2 is 2.17 bits per heavy atom. The van der Waals surface area contributed by atoms with E-state index >= 15 is 0 Å². The summed E-state index contributed by atoms with van der Waals surface area (Å²) in [6.45, 7) is 4.47. The molecule has 0 radical (unpaired) electrons. The highest BCUT2D eigenvalue weighted by atomic mass is 127. The molecule has 3 heterocycles. The molecule has 7 nitrogen and oxygen atoms in total. The second-order valence-electron chi connectivity index (χ2n) is 5.14. The molecule has 0 atom stereocenters. The summed E-state index contributed by atoms with van der Waals surface area (Å²) in [6.07, 6.45) is 5.17. The van der Waals surface area contributed by atoms with E-state index in [0.29, 0.717) is 13.1 Å². The summed E-state index contributed by atoms with van der Waals surface area (Å²) in [6, 6.07) is 0. The Hall–Kier alpha value is -1.23. The molecule has 0 spiro atoms. The van der Waals surface area contributed by atoms with Gasteiger partial charge in [-0.25, -0.2) is 4.98 Å². The number of nitrogens with one attached hydrogen (secondary N) is 2. The maximum atomic E-state index is 4.40. The van der Waals surface area contributed by atoms with E-state index in [1.54, 1.807) is 18.4 Å². The van der Waals surface area contributed by atoms with Crippen molar-refractivity contribution in [1.29, 1.82) is 0 Å². The molecule has 23 heavy (non-hydrogen) atoms. The molecule has 0 saturated carbocycles. The lowest BCUT2D eigenvalue weighted by Gasteiger charge is -2.10. The quantitative estimate of drug-likeness (QED) is 0.415. The normalized spacial score (nSPS) is 13.6. The lowest BCUT2D eigenvalue weighted by Crippen LogP contribution is -2.36. The predicted octanol–water partition coefficient (Wildman–Crippen LogP) is 1.73. The Labute approximate surface area is 157 Å². The first kappa shape index (κ1) is 18.1. The molecule has 126 valence electrons. The highest BCUT2D eigenvalue weighted by molar-refractivity contribution is 14.0. The van der Waals surface area contributed by atoms with Gasteiger partial charge in [-0.3, -0.25) is 4.99 Å². The van der Waals surface area contributed by atoms with Crippen LogP contribution in [-0.4, -0.2) is 32.8 Å². The first-order valence-electron chi connectivity index (χ1n) is 7.59. The van der Waals surface area contributed by atoms with Crippen molar-refractivity contribution in [2.45, 2.75) is 45.8 Å². The number of aliphatic imine (C=N–C) groups is 1. The minimum Gasteiger partial charge on any atom is -0.350 e. The van der Waals surface area contributed by atoms with Crippen molar-refractivity contribution in [2.75, 3.05) is 7.05 Å². The van der Waals surface area contributed by atoms with Crippen LogP contribution in [0.25, 0.3) is 0 Å². The second-order valence-corrected chi connectivity index (χ2v) is 6.34. The summed E-state index contributed by atoms with van der Waals surface area (Å²) in [5.41, 5.74) is 0. The van der Waals surface area contributed by atoms with E-state index < -0.39 is 0 Å². The van der Waals surface area contributed by atoms with E-state index in [1.165, 1.54) is 4.88 Å². The van der Waals surface area contributed by atoms with Crippen molar-refractivity contribution < 1.29 is 0 Å². The molecule has 0 saturated heterocycles. The van der Waals surface area contributed by atoms with E-state index in [0.717, 1.165) is 48.4 Å². The van der Waals surface area contributed by atoms with Crippen molar-refractivity contribution in [3.05, 3.63) is 27.7 Å². The Morgan fingerprint density at radius 1 is 1.35 bits per heavy atom. The van der Waals surface area contributed by atoms with Gasteiger partial charge < -0.3 is 15.2 Å². The monoisotopic (exact) mass is 447 g/mol. The molecule has 2 N–H and O–H groups in total. The fourth-order valence-electron chi connectivity index (χ4n) is 2.48.